The zero-order valence-electron chi connectivity index (χ0n) is 16.2. The average molecular weight is 458 g/mol. The van der Waals surface area contributed by atoms with Crippen molar-refractivity contribution in [3.05, 3.63) is 83.9 Å². The Morgan fingerprint density at radius 3 is 2.19 bits per heavy atom. The van der Waals surface area contributed by atoms with Crippen LogP contribution >= 0.6 is 0 Å². The number of sulfonamides is 2. The van der Waals surface area contributed by atoms with Crippen LogP contribution in [0.4, 0.5) is 11.4 Å². The van der Waals surface area contributed by atoms with Gasteiger partial charge in [0.05, 0.1) is 15.5 Å². The molecule has 1 aliphatic rings. The molecule has 3 aromatic rings. The fraction of sp³-hybridized carbons (Fsp3) is 0.0952. The molecule has 0 aliphatic carbocycles. The number of carbonyl (C=O) groups excluding carboxylic acids is 1. The molecule has 10 heteroatoms. The van der Waals surface area contributed by atoms with Gasteiger partial charge in [-0.3, -0.25) is 9.10 Å². The van der Waals surface area contributed by atoms with Crippen LogP contribution < -0.4 is 14.8 Å². The lowest BCUT2D eigenvalue weighted by atomic mass is 10.1. The molecule has 0 fully saturated rings. The SMILES string of the molecule is NS(=O)(=O)c1ccc(NC(=O)c2ccc3c(c2)CCN3S(=O)(=O)c2ccccc2)cc1. The molecule has 8 nitrogen and oxygen atoms in total. The number of carbonyl (C=O) groups is 1. The number of amides is 1. The van der Waals surface area contributed by atoms with E-state index in [2.05, 4.69) is 5.32 Å². The van der Waals surface area contributed by atoms with E-state index in [9.17, 15) is 21.6 Å². The molecule has 0 atom stereocenters. The van der Waals surface area contributed by atoms with Gasteiger partial charge in [0.2, 0.25) is 10.0 Å². The van der Waals surface area contributed by atoms with Gasteiger partial charge in [0, 0.05) is 17.8 Å². The molecule has 3 aromatic carbocycles. The third-order valence-corrected chi connectivity index (χ3v) is 7.72. The number of nitrogens with zero attached hydrogens (tertiary/aromatic N) is 1. The van der Waals surface area contributed by atoms with Gasteiger partial charge in [-0.05, 0) is 66.6 Å². The van der Waals surface area contributed by atoms with Crippen molar-refractivity contribution in [1.82, 2.24) is 0 Å². The molecule has 0 saturated heterocycles. The quantitative estimate of drug-likeness (QED) is 0.608. The first kappa shape index (κ1) is 21.0. The number of primary sulfonamides is 1. The molecule has 1 amide bonds. The van der Waals surface area contributed by atoms with Crippen molar-refractivity contribution in [3.63, 3.8) is 0 Å². The first-order valence-electron chi connectivity index (χ1n) is 9.31. The van der Waals surface area contributed by atoms with E-state index in [0.717, 1.165) is 5.56 Å². The van der Waals surface area contributed by atoms with E-state index >= 15 is 0 Å². The third-order valence-electron chi connectivity index (χ3n) is 4.97. The summed E-state index contributed by atoms with van der Waals surface area (Å²) in [6, 6.07) is 18.6. The van der Waals surface area contributed by atoms with E-state index < -0.39 is 26.0 Å². The maximum Gasteiger partial charge on any atom is 0.264 e. The van der Waals surface area contributed by atoms with E-state index in [4.69, 9.17) is 5.14 Å². The van der Waals surface area contributed by atoms with E-state index in [1.807, 2.05) is 0 Å². The summed E-state index contributed by atoms with van der Waals surface area (Å²) in [6.45, 7) is 0.298. The molecular formula is C21H19N3O5S2. The number of benzene rings is 3. The Labute approximate surface area is 180 Å². The van der Waals surface area contributed by atoms with Gasteiger partial charge in [-0.2, -0.15) is 0 Å². The highest BCUT2D eigenvalue weighted by molar-refractivity contribution is 7.92. The van der Waals surface area contributed by atoms with Crippen LogP contribution in [0.15, 0.2) is 82.6 Å². The summed E-state index contributed by atoms with van der Waals surface area (Å²) in [7, 11) is -7.49. The average Bonchev–Trinajstić information content (AvgIpc) is 3.18. The molecule has 0 saturated carbocycles. The maximum absolute atomic E-state index is 13.0. The second-order valence-corrected chi connectivity index (χ2v) is 10.4. The first-order chi connectivity index (χ1) is 14.7. The topological polar surface area (TPSA) is 127 Å². The molecule has 0 radical (unpaired) electrons. The first-order valence-corrected chi connectivity index (χ1v) is 12.3. The van der Waals surface area contributed by atoms with Crippen LogP contribution in [0.3, 0.4) is 0 Å². The summed E-state index contributed by atoms with van der Waals surface area (Å²) < 4.78 is 49.9. The standard InChI is InChI=1S/C21H19N3O5S2/c22-30(26,27)18-9-7-17(8-10-18)23-21(25)16-6-11-20-15(14-16)12-13-24(20)31(28,29)19-4-2-1-3-5-19/h1-11,14H,12-13H2,(H,23,25)(H2,22,26,27). The normalized spacial score (nSPS) is 13.6. The van der Waals surface area contributed by atoms with E-state index in [-0.39, 0.29) is 9.79 Å². The Kier molecular flexibility index (Phi) is 5.29. The molecule has 160 valence electrons. The number of fused-ring (bicyclic) bond motifs is 1. The molecule has 0 bridgehead atoms. The highest BCUT2D eigenvalue weighted by Crippen LogP contribution is 2.33. The molecule has 31 heavy (non-hydrogen) atoms. The van der Waals surface area contributed by atoms with Crippen molar-refractivity contribution in [3.8, 4) is 0 Å². The Morgan fingerprint density at radius 2 is 1.55 bits per heavy atom. The minimum atomic E-state index is -3.81. The van der Waals surface area contributed by atoms with Gasteiger partial charge in [-0.15, -0.1) is 0 Å². The summed E-state index contributed by atoms with van der Waals surface area (Å²) in [5.74, 6) is -0.393. The van der Waals surface area contributed by atoms with Gasteiger partial charge in [0.25, 0.3) is 15.9 Å². The molecule has 0 spiro atoms. The number of nitrogens with two attached hydrogens (primary N) is 1. The molecular weight excluding hydrogens is 438 g/mol. The van der Waals surface area contributed by atoms with Crippen molar-refractivity contribution < 1.29 is 21.6 Å². The van der Waals surface area contributed by atoms with E-state index in [1.54, 1.807) is 48.5 Å². The largest absolute Gasteiger partial charge is 0.322 e. The summed E-state index contributed by atoms with van der Waals surface area (Å²) >= 11 is 0. The molecule has 0 unspecified atom stereocenters. The molecule has 3 N–H and O–H groups in total. The monoisotopic (exact) mass is 457 g/mol. The lowest BCUT2D eigenvalue weighted by Gasteiger charge is -2.19. The van der Waals surface area contributed by atoms with Crippen LogP contribution in [-0.2, 0) is 26.5 Å². The van der Waals surface area contributed by atoms with Gasteiger partial charge in [-0.1, -0.05) is 18.2 Å². The van der Waals surface area contributed by atoms with Crippen molar-refractivity contribution >= 4 is 37.3 Å². The predicted molar refractivity (Wildman–Crippen MR) is 117 cm³/mol. The van der Waals surface area contributed by atoms with Gasteiger partial charge < -0.3 is 5.32 Å². The maximum atomic E-state index is 13.0. The van der Waals surface area contributed by atoms with Crippen LogP contribution in [-0.4, -0.2) is 29.3 Å². The van der Waals surface area contributed by atoms with Crippen LogP contribution in [0.1, 0.15) is 15.9 Å². The van der Waals surface area contributed by atoms with Crippen LogP contribution in [0.2, 0.25) is 0 Å². The van der Waals surface area contributed by atoms with Crippen molar-refractivity contribution in [1.29, 1.82) is 0 Å². The summed E-state index contributed by atoms with van der Waals surface area (Å²) in [5, 5.41) is 7.76. The number of rotatable bonds is 5. The highest BCUT2D eigenvalue weighted by atomic mass is 32.2. The van der Waals surface area contributed by atoms with Gasteiger partial charge in [0.1, 0.15) is 0 Å². The summed E-state index contributed by atoms with van der Waals surface area (Å²) in [5.41, 5.74) is 2.09. The van der Waals surface area contributed by atoms with Gasteiger partial charge in [-0.25, -0.2) is 22.0 Å². The zero-order chi connectivity index (χ0) is 22.2. The summed E-state index contributed by atoms with van der Waals surface area (Å²) in [6.07, 6.45) is 0.492. The fourth-order valence-electron chi connectivity index (χ4n) is 3.41. The lowest BCUT2D eigenvalue weighted by molar-refractivity contribution is 0.102. The lowest BCUT2D eigenvalue weighted by Crippen LogP contribution is -2.29. The Morgan fingerprint density at radius 1 is 0.871 bits per heavy atom. The Balaban J connectivity index is 1.55. The molecule has 1 aliphatic heterocycles. The number of hydrogen-bond donors (Lipinski definition) is 2. The van der Waals surface area contributed by atoms with E-state index in [0.29, 0.717) is 29.9 Å². The number of hydrogen-bond acceptors (Lipinski definition) is 5. The second-order valence-electron chi connectivity index (χ2n) is 7.01. The van der Waals surface area contributed by atoms with Crippen molar-refractivity contribution in [2.45, 2.75) is 16.2 Å². The molecule has 0 aromatic heterocycles. The van der Waals surface area contributed by atoms with Crippen molar-refractivity contribution in [2.24, 2.45) is 5.14 Å². The fourth-order valence-corrected chi connectivity index (χ4v) is 5.45. The van der Waals surface area contributed by atoms with Gasteiger partial charge >= 0.3 is 0 Å². The number of anilines is 2. The zero-order valence-corrected chi connectivity index (χ0v) is 17.9. The minimum absolute atomic E-state index is 0.0530. The van der Waals surface area contributed by atoms with Crippen molar-refractivity contribution in [2.75, 3.05) is 16.2 Å². The van der Waals surface area contributed by atoms with Gasteiger partial charge in [0.15, 0.2) is 0 Å². The predicted octanol–water partition coefficient (Wildman–Crippen LogP) is 2.34. The second kappa shape index (κ2) is 7.80. The van der Waals surface area contributed by atoms with E-state index in [1.165, 1.54) is 28.6 Å². The van der Waals surface area contributed by atoms with Crippen LogP contribution in [0.5, 0.6) is 0 Å². The molecule has 4 rings (SSSR count). The van der Waals surface area contributed by atoms with Crippen LogP contribution in [0.25, 0.3) is 0 Å². The summed E-state index contributed by atoms with van der Waals surface area (Å²) in [4.78, 5) is 12.8. The Bertz CT molecular complexity index is 1350. The highest BCUT2D eigenvalue weighted by Gasteiger charge is 2.31. The third kappa shape index (κ3) is 4.18. The smallest absolute Gasteiger partial charge is 0.264 e. The minimum Gasteiger partial charge on any atom is -0.322 e. The van der Waals surface area contributed by atoms with Crippen LogP contribution in [0, 0.1) is 0 Å². The molecule has 1 heterocycles. The Hall–Kier alpha value is -3.21. The number of nitrogens with one attached hydrogen (secondary N) is 1.